The Hall–Kier alpha value is -2.07. The molecule has 1 aromatic heterocycles. The van der Waals surface area contributed by atoms with E-state index >= 15 is 0 Å². The van der Waals surface area contributed by atoms with Gasteiger partial charge < -0.3 is 9.47 Å². The lowest BCUT2D eigenvalue weighted by molar-refractivity contribution is 0.0472. The minimum Gasteiger partial charge on any atom is -0.497 e. The van der Waals surface area contributed by atoms with Crippen LogP contribution in [0.4, 0.5) is 0 Å². The van der Waals surface area contributed by atoms with E-state index in [0.29, 0.717) is 5.56 Å². The molecule has 0 unspecified atom stereocenters. The predicted molar refractivity (Wildman–Crippen MR) is 71.4 cm³/mol. The molecule has 98 valence electrons. The zero-order valence-electron chi connectivity index (χ0n) is 10.3. The number of ether oxygens (including phenoxy) is 2. The molecule has 0 amide bonds. The van der Waals surface area contributed by atoms with Crippen LogP contribution in [-0.2, 0) is 11.3 Å². The van der Waals surface area contributed by atoms with Crippen molar-refractivity contribution >= 4 is 17.6 Å². The summed E-state index contributed by atoms with van der Waals surface area (Å²) in [5.74, 6) is 0.330. The summed E-state index contributed by atoms with van der Waals surface area (Å²) in [6.45, 7) is 0.197. The van der Waals surface area contributed by atoms with Crippen molar-refractivity contribution in [3.63, 3.8) is 0 Å². The lowest BCUT2D eigenvalue weighted by Crippen LogP contribution is -2.05. The highest BCUT2D eigenvalue weighted by molar-refractivity contribution is 6.29. The fraction of sp³-hybridized carbons (Fsp3) is 0.143. The maximum atomic E-state index is 11.8. The molecule has 0 spiro atoms. The topological polar surface area (TPSA) is 48.4 Å². The van der Waals surface area contributed by atoms with Crippen molar-refractivity contribution < 1.29 is 14.3 Å². The number of benzene rings is 1. The number of esters is 1. The molecule has 2 rings (SSSR count). The molecule has 4 nitrogen and oxygen atoms in total. The fourth-order valence-electron chi connectivity index (χ4n) is 1.48. The molecule has 19 heavy (non-hydrogen) atoms. The Morgan fingerprint density at radius 2 is 2.00 bits per heavy atom. The molecule has 1 heterocycles. The number of carbonyl (C=O) groups excluding carboxylic acids is 1. The molecule has 1 aromatic carbocycles. The molecule has 5 heteroatoms. The monoisotopic (exact) mass is 277 g/mol. The molecule has 0 aliphatic rings. The van der Waals surface area contributed by atoms with Gasteiger partial charge in [-0.3, -0.25) is 0 Å². The molecular weight excluding hydrogens is 266 g/mol. The van der Waals surface area contributed by atoms with E-state index < -0.39 is 5.97 Å². The molecule has 0 saturated carbocycles. The summed E-state index contributed by atoms with van der Waals surface area (Å²) < 4.78 is 10.2. The second-order valence-corrected chi connectivity index (χ2v) is 4.18. The number of nitrogens with zero attached hydrogens (tertiary/aromatic N) is 1. The first-order valence-electron chi connectivity index (χ1n) is 5.60. The summed E-state index contributed by atoms with van der Waals surface area (Å²) in [5.41, 5.74) is 1.27. The van der Waals surface area contributed by atoms with Crippen molar-refractivity contribution in [3.05, 3.63) is 58.9 Å². The van der Waals surface area contributed by atoms with Gasteiger partial charge in [-0.15, -0.1) is 0 Å². The van der Waals surface area contributed by atoms with Gasteiger partial charge in [0.1, 0.15) is 17.5 Å². The molecule has 0 saturated heterocycles. The van der Waals surface area contributed by atoms with Crippen LogP contribution in [0.3, 0.4) is 0 Å². The normalized spacial score (nSPS) is 10.0. The molecule has 0 radical (unpaired) electrons. The number of methoxy groups -OCH3 is 1. The number of aromatic nitrogens is 1. The van der Waals surface area contributed by atoms with Gasteiger partial charge in [0, 0.05) is 6.20 Å². The van der Waals surface area contributed by atoms with Crippen molar-refractivity contribution in [3.8, 4) is 5.75 Å². The lowest BCUT2D eigenvalue weighted by atomic mass is 10.2. The smallest absolute Gasteiger partial charge is 0.338 e. The van der Waals surface area contributed by atoms with Crippen LogP contribution in [0, 0.1) is 0 Å². The van der Waals surface area contributed by atoms with E-state index in [1.54, 1.807) is 13.2 Å². The Bertz CT molecular complexity index is 569. The first-order chi connectivity index (χ1) is 9.19. The van der Waals surface area contributed by atoms with E-state index in [1.807, 2.05) is 24.3 Å². The van der Waals surface area contributed by atoms with E-state index in [2.05, 4.69) is 4.98 Å². The van der Waals surface area contributed by atoms with Crippen LogP contribution in [0.2, 0.25) is 5.15 Å². The van der Waals surface area contributed by atoms with Crippen LogP contribution in [0.1, 0.15) is 15.9 Å². The Balaban J connectivity index is 1.96. The number of hydrogen-bond acceptors (Lipinski definition) is 4. The minimum atomic E-state index is -0.430. The van der Waals surface area contributed by atoms with Gasteiger partial charge in [-0.2, -0.15) is 0 Å². The number of hydrogen-bond donors (Lipinski definition) is 0. The van der Waals surface area contributed by atoms with Gasteiger partial charge in [0.2, 0.25) is 0 Å². The fourth-order valence-corrected chi connectivity index (χ4v) is 1.66. The lowest BCUT2D eigenvalue weighted by Gasteiger charge is -2.06. The van der Waals surface area contributed by atoms with Gasteiger partial charge in [0.25, 0.3) is 0 Å². The van der Waals surface area contributed by atoms with Gasteiger partial charge >= 0.3 is 5.97 Å². The molecule has 0 N–H and O–H groups in total. The largest absolute Gasteiger partial charge is 0.497 e. The number of pyridine rings is 1. The van der Waals surface area contributed by atoms with Crippen molar-refractivity contribution in [2.24, 2.45) is 0 Å². The highest BCUT2D eigenvalue weighted by Crippen LogP contribution is 2.13. The van der Waals surface area contributed by atoms with Crippen LogP contribution in [0.5, 0.6) is 5.75 Å². The third-order valence-corrected chi connectivity index (χ3v) is 2.70. The standard InChI is InChI=1S/C14H12ClNO3/c1-18-12-4-2-10(3-5-12)9-19-14(17)11-6-7-16-13(15)8-11/h2-8H,9H2,1H3. The second kappa shape index (κ2) is 6.20. The van der Waals surface area contributed by atoms with Crippen LogP contribution >= 0.6 is 11.6 Å². The molecule has 0 atom stereocenters. The summed E-state index contributed by atoms with van der Waals surface area (Å²) in [4.78, 5) is 15.6. The first-order valence-corrected chi connectivity index (χ1v) is 5.98. The molecule has 2 aromatic rings. The summed E-state index contributed by atoms with van der Waals surface area (Å²) in [5, 5.41) is 0.263. The number of rotatable bonds is 4. The van der Waals surface area contributed by atoms with Crippen LogP contribution in [0.15, 0.2) is 42.6 Å². The van der Waals surface area contributed by atoms with Crippen molar-refractivity contribution in [2.45, 2.75) is 6.61 Å². The SMILES string of the molecule is COc1ccc(COC(=O)c2ccnc(Cl)c2)cc1. The third kappa shape index (κ3) is 3.69. The summed E-state index contributed by atoms with van der Waals surface area (Å²) in [6.07, 6.45) is 1.46. The third-order valence-electron chi connectivity index (χ3n) is 2.49. The zero-order valence-corrected chi connectivity index (χ0v) is 11.1. The highest BCUT2D eigenvalue weighted by Gasteiger charge is 2.08. The van der Waals surface area contributed by atoms with E-state index in [-0.39, 0.29) is 11.8 Å². The molecule has 0 aliphatic carbocycles. The van der Waals surface area contributed by atoms with Crippen LogP contribution in [0.25, 0.3) is 0 Å². The first kappa shape index (κ1) is 13.4. The summed E-state index contributed by atoms with van der Waals surface area (Å²) >= 11 is 5.71. The van der Waals surface area contributed by atoms with Gasteiger partial charge in [-0.25, -0.2) is 9.78 Å². The quantitative estimate of drug-likeness (QED) is 0.636. The molecule has 0 fully saturated rings. The van der Waals surface area contributed by atoms with Crippen LogP contribution in [-0.4, -0.2) is 18.1 Å². The predicted octanol–water partition coefficient (Wildman–Crippen LogP) is 3.10. The van der Waals surface area contributed by atoms with E-state index in [4.69, 9.17) is 21.1 Å². The Morgan fingerprint density at radius 1 is 1.26 bits per heavy atom. The van der Waals surface area contributed by atoms with E-state index in [1.165, 1.54) is 12.3 Å². The second-order valence-electron chi connectivity index (χ2n) is 3.79. The van der Waals surface area contributed by atoms with Gasteiger partial charge in [-0.05, 0) is 29.8 Å². The Kier molecular flexibility index (Phi) is 4.36. The zero-order chi connectivity index (χ0) is 13.7. The minimum absolute atomic E-state index is 0.197. The van der Waals surface area contributed by atoms with Crippen molar-refractivity contribution in [2.75, 3.05) is 7.11 Å². The Morgan fingerprint density at radius 3 is 2.63 bits per heavy atom. The Labute approximate surface area is 115 Å². The molecule has 0 bridgehead atoms. The van der Waals surface area contributed by atoms with Crippen molar-refractivity contribution in [1.82, 2.24) is 4.98 Å². The summed E-state index contributed by atoms with van der Waals surface area (Å²) in [7, 11) is 1.60. The molecular formula is C14H12ClNO3. The average molecular weight is 278 g/mol. The molecule has 0 aliphatic heterocycles. The van der Waals surface area contributed by atoms with E-state index in [9.17, 15) is 4.79 Å². The van der Waals surface area contributed by atoms with Gasteiger partial charge in [0.05, 0.1) is 12.7 Å². The van der Waals surface area contributed by atoms with Crippen LogP contribution < -0.4 is 4.74 Å². The average Bonchev–Trinajstić information content (AvgIpc) is 2.45. The van der Waals surface area contributed by atoms with E-state index in [0.717, 1.165) is 11.3 Å². The maximum absolute atomic E-state index is 11.8. The highest BCUT2D eigenvalue weighted by atomic mass is 35.5. The number of carbonyl (C=O) groups is 1. The van der Waals surface area contributed by atoms with Gasteiger partial charge in [0.15, 0.2) is 0 Å². The maximum Gasteiger partial charge on any atom is 0.338 e. The van der Waals surface area contributed by atoms with Gasteiger partial charge in [-0.1, -0.05) is 23.7 Å². The number of halogens is 1. The van der Waals surface area contributed by atoms with Crippen molar-refractivity contribution in [1.29, 1.82) is 0 Å². The summed E-state index contributed by atoms with van der Waals surface area (Å²) in [6, 6.07) is 10.3.